The molecular formula is C19H27N3O4S. The van der Waals surface area contributed by atoms with Crippen molar-refractivity contribution in [2.24, 2.45) is 5.92 Å². The van der Waals surface area contributed by atoms with E-state index in [-0.39, 0.29) is 22.6 Å². The Balaban J connectivity index is 1.65. The molecule has 0 aliphatic carbocycles. The molecule has 0 aromatic heterocycles. The van der Waals surface area contributed by atoms with Crippen LogP contribution in [0, 0.1) is 5.92 Å². The molecule has 148 valence electrons. The van der Waals surface area contributed by atoms with E-state index in [4.69, 9.17) is 0 Å². The standard InChI is InChI=1S/C19H27N3O4S/c1-20-18(23)15-9-13-21(14-10-15)19(24)16-5-7-17(8-6-16)27(25,26)22-11-3-2-4-12-22/h5-8,15H,2-4,9-14H2,1H3,(H,20,23). The van der Waals surface area contributed by atoms with Gasteiger partial charge in [-0.15, -0.1) is 0 Å². The molecule has 0 unspecified atom stereocenters. The van der Waals surface area contributed by atoms with E-state index in [0.29, 0.717) is 44.6 Å². The van der Waals surface area contributed by atoms with Gasteiger partial charge in [0, 0.05) is 44.7 Å². The van der Waals surface area contributed by atoms with E-state index < -0.39 is 10.0 Å². The highest BCUT2D eigenvalue weighted by Crippen LogP contribution is 2.23. The van der Waals surface area contributed by atoms with Gasteiger partial charge >= 0.3 is 0 Å². The number of nitrogens with one attached hydrogen (secondary N) is 1. The van der Waals surface area contributed by atoms with Gasteiger partial charge in [-0.2, -0.15) is 4.31 Å². The van der Waals surface area contributed by atoms with E-state index >= 15 is 0 Å². The van der Waals surface area contributed by atoms with Gasteiger partial charge < -0.3 is 10.2 Å². The minimum atomic E-state index is -3.49. The molecule has 2 aliphatic heterocycles. The Morgan fingerprint density at radius 3 is 2.11 bits per heavy atom. The summed E-state index contributed by atoms with van der Waals surface area (Å²) in [6.45, 7) is 2.18. The first-order valence-electron chi connectivity index (χ1n) is 9.54. The van der Waals surface area contributed by atoms with Gasteiger partial charge in [-0.25, -0.2) is 8.42 Å². The molecule has 2 saturated heterocycles. The fraction of sp³-hybridized carbons (Fsp3) is 0.579. The zero-order valence-corrected chi connectivity index (χ0v) is 16.5. The number of carbonyl (C=O) groups excluding carboxylic acids is 2. The average molecular weight is 394 g/mol. The summed E-state index contributed by atoms with van der Waals surface area (Å²) in [5, 5.41) is 2.65. The fourth-order valence-corrected chi connectivity index (χ4v) is 5.27. The number of piperidine rings is 2. The highest BCUT2D eigenvalue weighted by atomic mass is 32.2. The van der Waals surface area contributed by atoms with Gasteiger partial charge in [0.25, 0.3) is 5.91 Å². The maximum absolute atomic E-state index is 12.7. The van der Waals surface area contributed by atoms with Crippen LogP contribution in [0.1, 0.15) is 42.5 Å². The Hall–Kier alpha value is -1.93. The Morgan fingerprint density at radius 2 is 1.56 bits per heavy atom. The number of nitrogens with zero attached hydrogens (tertiary/aromatic N) is 2. The summed E-state index contributed by atoms with van der Waals surface area (Å²) < 4.78 is 26.9. The second kappa shape index (κ2) is 8.39. The first-order valence-corrected chi connectivity index (χ1v) is 11.0. The zero-order chi connectivity index (χ0) is 19.4. The van der Waals surface area contributed by atoms with Crippen molar-refractivity contribution in [1.29, 1.82) is 0 Å². The van der Waals surface area contributed by atoms with E-state index in [1.165, 1.54) is 16.4 Å². The largest absolute Gasteiger partial charge is 0.359 e. The Labute approximate surface area is 160 Å². The summed E-state index contributed by atoms with van der Waals surface area (Å²) in [4.78, 5) is 26.3. The average Bonchev–Trinajstić information content (AvgIpc) is 2.73. The summed E-state index contributed by atoms with van der Waals surface area (Å²) in [7, 11) is -1.86. The first-order chi connectivity index (χ1) is 12.9. The Bertz CT molecular complexity index is 778. The molecule has 2 fully saturated rings. The van der Waals surface area contributed by atoms with Crippen LogP contribution >= 0.6 is 0 Å². The summed E-state index contributed by atoms with van der Waals surface area (Å²) in [5.74, 6) is -0.141. The van der Waals surface area contributed by atoms with Gasteiger partial charge in [-0.1, -0.05) is 6.42 Å². The first kappa shape index (κ1) is 19.8. The smallest absolute Gasteiger partial charge is 0.253 e. The molecule has 2 aliphatic rings. The molecule has 1 aromatic carbocycles. The van der Waals surface area contributed by atoms with Gasteiger partial charge in [0.1, 0.15) is 0 Å². The molecular weight excluding hydrogens is 366 g/mol. The SMILES string of the molecule is CNC(=O)C1CCN(C(=O)c2ccc(S(=O)(=O)N3CCCCC3)cc2)CC1. The van der Waals surface area contributed by atoms with E-state index in [1.54, 1.807) is 24.1 Å². The third-order valence-electron chi connectivity index (χ3n) is 5.45. The summed E-state index contributed by atoms with van der Waals surface area (Å²) >= 11 is 0. The minimum Gasteiger partial charge on any atom is -0.359 e. The number of carbonyl (C=O) groups is 2. The number of hydrogen-bond donors (Lipinski definition) is 1. The van der Waals surface area contributed by atoms with E-state index in [9.17, 15) is 18.0 Å². The lowest BCUT2D eigenvalue weighted by Crippen LogP contribution is -2.42. The molecule has 0 saturated carbocycles. The van der Waals surface area contributed by atoms with Gasteiger partial charge in [0.15, 0.2) is 0 Å². The normalized spacial score (nSPS) is 19.7. The summed E-state index contributed by atoms with van der Waals surface area (Å²) in [6, 6.07) is 6.22. The highest BCUT2D eigenvalue weighted by molar-refractivity contribution is 7.89. The van der Waals surface area contributed by atoms with Gasteiger partial charge in [0.2, 0.25) is 15.9 Å². The van der Waals surface area contributed by atoms with E-state index in [2.05, 4.69) is 5.32 Å². The zero-order valence-electron chi connectivity index (χ0n) is 15.7. The maximum atomic E-state index is 12.7. The summed E-state index contributed by atoms with van der Waals surface area (Å²) in [5.41, 5.74) is 0.478. The third-order valence-corrected chi connectivity index (χ3v) is 7.37. The molecule has 0 radical (unpaired) electrons. The van der Waals surface area contributed by atoms with Crippen molar-refractivity contribution in [2.45, 2.75) is 37.0 Å². The second-order valence-electron chi connectivity index (χ2n) is 7.17. The lowest BCUT2D eigenvalue weighted by atomic mass is 9.95. The van der Waals surface area contributed by atoms with Crippen LogP contribution in [0.25, 0.3) is 0 Å². The lowest BCUT2D eigenvalue weighted by molar-refractivity contribution is -0.125. The van der Waals surface area contributed by atoms with Gasteiger partial charge in [0.05, 0.1) is 4.90 Å². The topological polar surface area (TPSA) is 86.8 Å². The molecule has 0 spiro atoms. The van der Waals surface area contributed by atoms with Crippen molar-refractivity contribution < 1.29 is 18.0 Å². The molecule has 27 heavy (non-hydrogen) atoms. The number of amides is 2. The number of sulfonamides is 1. The van der Waals surface area contributed by atoms with E-state index in [1.807, 2.05) is 0 Å². The van der Waals surface area contributed by atoms with Crippen LogP contribution in [0.4, 0.5) is 0 Å². The molecule has 1 aromatic rings. The third kappa shape index (κ3) is 4.32. The Morgan fingerprint density at radius 1 is 0.963 bits per heavy atom. The van der Waals surface area contributed by atoms with Crippen molar-refractivity contribution in [3.05, 3.63) is 29.8 Å². The molecule has 2 heterocycles. The number of likely N-dealkylation sites (tertiary alicyclic amines) is 1. The predicted molar refractivity (Wildman–Crippen MR) is 102 cm³/mol. The molecule has 7 nitrogen and oxygen atoms in total. The van der Waals surface area contributed by atoms with Gasteiger partial charge in [-0.3, -0.25) is 9.59 Å². The van der Waals surface area contributed by atoms with Crippen molar-refractivity contribution in [2.75, 3.05) is 33.2 Å². The minimum absolute atomic E-state index is 0.0226. The van der Waals surface area contributed by atoms with Crippen molar-refractivity contribution in [3.63, 3.8) is 0 Å². The van der Waals surface area contributed by atoms with Crippen molar-refractivity contribution in [3.8, 4) is 0 Å². The quantitative estimate of drug-likeness (QED) is 0.839. The van der Waals surface area contributed by atoms with Crippen LogP contribution < -0.4 is 5.32 Å². The second-order valence-corrected chi connectivity index (χ2v) is 9.11. The van der Waals surface area contributed by atoms with Gasteiger partial charge in [-0.05, 0) is 49.9 Å². The molecule has 3 rings (SSSR count). The predicted octanol–water partition coefficient (Wildman–Crippen LogP) is 1.46. The lowest BCUT2D eigenvalue weighted by Gasteiger charge is -2.31. The van der Waals surface area contributed by atoms with Crippen LogP contribution in [0.5, 0.6) is 0 Å². The number of rotatable bonds is 4. The number of benzene rings is 1. The van der Waals surface area contributed by atoms with Crippen LogP contribution in [0.15, 0.2) is 29.2 Å². The molecule has 0 bridgehead atoms. The highest BCUT2D eigenvalue weighted by Gasteiger charge is 2.28. The van der Waals surface area contributed by atoms with Crippen LogP contribution in [0.2, 0.25) is 0 Å². The van der Waals surface area contributed by atoms with Crippen LogP contribution in [-0.2, 0) is 14.8 Å². The van der Waals surface area contributed by atoms with Crippen LogP contribution in [-0.4, -0.2) is 62.7 Å². The molecule has 2 amide bonds. The monoisotopic (exact) mass is 393 g/mol. The molecule has 0 atom stereocenters. The molecule has 8 heteroatoms. The summed E-state index contributed by atoms with van der Waals surface area (Å²) in [6.07, 6.45) is 4.14. The van der Waals surface area contributed by atoms with E-state index in [0.717, 1.165) is 19.3 Å². The fourth-order valence-electron chi connectivity index (χ4n) is 3.76. The van der Waals surface area contributed by atoms with Crippen LogP contribution in [0.3, 0.4) is 0 Å². The number of hydrogen-bond acceptors (Lipinski definition) is 4. The molecule has 1 N–H and O–H groups in total. The van der Waals surface area contributed by atoms with Crippen molar-refractivity contribution in [1.82, 2.24) is 14.5 Å². The van der Waals surface area contributed by atoms with Crippen molar-refractivity contribution >= 4 is 21.8 Å². The Kier molecular flexibility index (Phi) is 6.16. The maximum Gasteiger partial charge on any atom is 0.253 e.